The molecule has 0 aromatic heterocycles. The second-order valence-corrected chi connectivity index (χ2v) is 8.15. The maximum atomic E-state index is 12.6. The first kappa shape index (κ1) is 17.0. The van der Waals surface area contributed by atoms with Gasteiger partial charge >= 0.3 is 0 Å². The fraction of sp³-hybridized carbons (Fsp3) is 0.667. The maximum Gasteiger partial charge on any atom is 0.237 e. The zero-order valence-corrected chi connectivity index (χ0v) is 15.1. The number of carbonyl (C=O) groups excluding carboxylic acids is 1. The van der Waals surface area contributed by atoms with Gasteiger partial charge in [0.05, 0.1) is 6.04 Å². The van der Waals surface area contributed by atoms with Crippen molar-refractivity contribution in [3.8, 4) is 0 Å². The van der Waals surface area contributed by atoms with Crippen LogP contribution < -0.4 is 10.6 Å². The van der Waals surface area contributed by atoms with Crippen molar-refractivity contribution in [3.63, 3.8) is 0 Å². The number of piperidine rings is 1. The van der Waals surface area contributed by atoms with Crippen LogP contribution in [0.25, 0.3) is 0 Å². The van der Waals surface area contributed by atoms with E-state index in [1.165, 1.54) is 31.2 Å². The van der Waals surface area contributed by atoms with Crippen molar-refractivity contribution in [2.75, 3.05) is 13.1 Å². The molecule has 2 N–H and O–H groups in total. The summed E-state index contributed by atoms with van der Waals surface area (Å²) in [4.78, 5) is 15.1. The Morgan fingerprint density at radius 2 is 1.84 bits per heavy atom. The van der Waals surface area contributed by atoms with E-state index in [1.54, 1.807) is 0 Å². The molecule has 1 aromatic rings. The summed E-state index contributed by atoms with van der Waals surface area (Å²) in [6.45, 7) is 3.17. The molecule has 3 unspecified atom stereocenters. The molecule has 4 rings (SSSR count). The second kappa shape index (κ2) is 7.88. The van der Waals surface area contributed by atoms with Gasteiger partial charge in [0.2, 0.25) is 5.91 Å². The highest BCUT2D eigenvalue weighted by Crippen LogP contribution is 2.33. The molecule has 3 aliphatic rings. The van der Waals surface area contributed by atoms with Crippen LogP contribution in [0.4, 0.5) is 0 Å². The third-order valence-electron chi connectivity index (χ3n) is 6.36. The number of rotatable bonds is 4. The van der Waals surface area contributed by atoms with Crippen LogP contribution in [0.5, 0.6) is 0 Å². The fourth-order valence-corrected chi connectivity index (χ4v) is 4.90. The van der Waals surface area contributed by atoms with Crippen LogP contribution in [0.15, 0.2) is 30.3 Å². The Balaban J connectivity index is 1.21. The van der Waals surface area contributed by atoms with E-state index in [1.807, 2.05) is 0 Å². The predicted molar refractivity (Wildman–Crippen MR) is 100 cm³/mol. The van der Waals surface area contributed by atoms with Crippen LogP contribution in [-0.2, 0) is 11.3 Å². The Labute approximate surface area is 151 Å². The van der Waals surface area contributed by atoms with E-state index in [-0.39, 0.29) is 11.9 Å². The molecule has 25 heavy (non-hydrogen) atoms. The molecule has 4 nitrogen and oxygen atoms in total. The first-order chi connectivity index (χ1) is 12.3. The second-order valence-electron chi connectivity index (χ2n) is 8.15. The van der Waals surface area contributed by atoms with Crippen LogP contribution in [-0.4, -0.2) is 42.0 Å². The van der Waals surface area contributed by atoms with E-state index in [9.17, 15) is 4.79 Å². The summed E-state index contributed by atoms with van der Waals surface area (Å²) in [5.41, 5.74) is 1.38. The number of likely N-dealkylation sites (tertiary alicyclic amines) is 1. The molecule has 1 aliphatic carbocycles. The molecular weight excluding hydrogens is 310 g/mol. The van der Waals surface area contributed by atoms with Crippen LogP contribution in [0.1, 0.15) is 50.5 Å². The van der Waals surface area contributed by atoms with Gasteiger partial charge in [0, 0.05) is 31.7 Å². The molecule has 2 saturated heterocycles. The van der Waals surface area contributed by atoms with Crippen molar-refractivity contribution in [3.05, 3.63) is 35.9 Å². The average Bonchev–Trinajstić information content (AvgIpc) is 3.09. The van der Waals surface area contributed by atoms with Gasteiger partial charge in [-0.15, -0.1) is 0 Å². The number of amides is 1. The summed E-state index contributed by atoms with van der Waals surface area (Å²) in [6, 6.07) is 11.7. The van der Waals surface area contributed by atoms with Crippen molar-refractivity contribution >= 4 is 5.91 Å². The first-order valence-corrected chi connectivity index (χ1v) is 10.1. The molecule has 3 atom stereocenters. The highest BCUT2D eigenvalue weighted by atomic mass is 16.2. The Kier molecular flexibility index (Phi) is 5.37. The fourth-order valence-electron chi connectivity index (χ4n) is 4.90. The molecule has 1 saturated carbocycles. The van der Waals surface area contributed by atoms with Crippen LogP contribution in [0.2, 0.25) is 0 Å². The van der Waals surface area contributed by atoms with E-state index < -0.39 is 0 Å². The van der Waals surface area contributed by atoms with Crippen molar-refractivity contribution in [2.45, 2.75) is 69.6 Å². The third-order valence-corrected chi connectivity index (χ3v) is 6.36. The molecule has 136 valence electrons. The minimum atomic E-state index is 0.0513. The van der Waals surface area contributed by atoms with Crippen molar-refractivity contribution in [1.82, 2.24) is 15.5 Å². The van der Waals surface area contributed by atoms with Gasteiger partial charge in [-0.1, -0.05) is 43.2 Å². The summed E-state index contributed by atoms with van der Waals surface area (Å²) < 4.78 is 0. The van der Waals surface area contributed by atoms with Gasteiger partial charge in [-0.05, 0) is 43.6 Å². The Hall–Kier alpha value is -1.39. The van der Waals surface area contributed by atoms with Crippen LogP contribution in [0.3, 0.4) is 0 Å². The molecule has 2 aliphatic heterocycles. The molecule has 2 heterocycles. The van der Waals surface area contributed by atoms with Gasteiger partial charge in [0.15, 0.2) is 0 Å². The van der Waals surface area contributed by atoms with E-state index >= 15 is 0 Å². The number of carbonyl (C=O) groups is 1. The van der Waals surface area contributed by atoms with Crippen molar-refractivity contribution in [2.24, 2.45) is 5.92 Å². The molecule has 3 fully saturated rings. The zero-order valence-electron chi connectivity index (χ0n) is 15.1. The molecule has 4 heteroatoms. The third kappa shape index (κ3) is 4.24. The number of fused-ring (bicyclic) bond motifs is 1. The lowest BCUT2D eigenvalue weighted by Gasteiger charge is -2.33. The maximum absolute atomic E-state index is 12.6. The topological polar surface area (TPSA) is 44.4 Å². The lowest BCUT2D eigenvalue weighted by molar-refractivity contribution is -0.123. The predicted octanol–water partition coefficient (Wildman–Crippen LogP) is 2.69. The van der Waals surface area contributed by atoms with Gasteiger partial charge in [0.1, 0.15) is 0 Å². The quantitative estimate of drug-likeness (QED) is 0.885. The minimum Gasteiger partial charge on any atom is -0.352 e. The standard InChI is InChI=1S/C21H31N3O/c25-21(20-14-17-8-4-5-9-19(17)23-20)22-18-10-12-24(13-11-18)15-16-6-2-1-3-7-16/h1-3,6-7,17-20,23H,4-5,8-15H2,(H,22,25). The highest BCUT2D eigenvalue weighted by Gasteiger charge is 2.38. The minimum absolute atomic E-state index is 0.0513. The lowest BCUT2D eigenvalue weighted by atomic mass is 9.85. The van der Waals surface area contributed by atoms with Crippen LogP contribution in [0, 0.1) is 5.92 Å². The average molecular weight is 341 g/mol. The summed E-state index contributed by atoms with van der Waals surface area (Å²) in [6.07, 6.45) is 8.41. The van der Waals surface area contributed by atoms with Gasteiger partial charge in [0.25, 0.3) is 0 Å². The normalized spacial score (nSPS) is 30.8. The molecule has 1 amide bonds. The Bertz CT molecular complexity index is 554. The van der Waals surface area contributed by atoms with E-state index in [0.717, 1.165) is 44.8 Å². The van der Waals surface area contributed by atoms with Crippen molar-refractivity contribution in [1.29, 1.82) is 0 Å². The van der Waals surface area contributed by atoms with Gasteiger partial charge in [-0.2, -0.15) is 0 Å². The number of nitrogens with one attached hydrogen (secondary N) is 2. The summed E-state index contributed by atoms with van der Waals surface area (Å²) in [5, 5.41) is 6.93. The molecule has 0 spiro atoms. The number of hydrogen-bond donors (Lipinski definition) is 2. The number of hydrogen-bond acceptors (Lipinski definition) is 3. The number of nitrogens with zero attached hydrogens (tertiary/aromatic N) is 1. The Morgan fingerprint density at radius 1 is 1.08 bits per heavy atom. The molecule has 1 aromatic carbocycles. The van der Waals surface area contributed by atoms with Gasteiger partial charge in [-0.25, -0.2) is 0 Å². The first-order valence-electron chi connectivity index (χ1n) is 10.1. The smallest absolute Gasteiger partial charge is 0.237 e. The molecule has 0 bridgehead atoms. The van der Waals surface area contributed by atoms with E-state index in [0.29, 0.717) is 12.1 Å². The Morgan fingerprint density at radius 3 is 2.60 bits per heavy atom. The monoisotopic (exact) mass is 341 g/mol. The van der Waals surface area contributed by atoms with E-state index in [2.05, 4.69) is 45.9 Å². The highest BCUT2D eigenvalue weighted by molar-refractivity contribution is 5.82. The lowest BCUT2D eigenvalue weighted by Crippen LogP contribution is -2.50. The summed E-state index contributed by atoms with van der Waals surface area (Å²) in [7, 11) is 0. The largest absolute Gasteiger partial charge is 0.352 e. The van der Waals surface area contributed by atoms with E-state index in [4.69, 9.17) is 0 Å². The van der Waals surface area contributed by atoms with Crippen LogP contribution >= 0.6 is 0 Å². The zero-order chi connectivity index (χ0) is 17.1. The molecule has 0 radical (unpaired) electrons. The van der Waals surface area contributed by atoms with Gasteiger partial charge < -0.3 is 10.6 Å². The van der Waals surface area contributed by atoms with Gasteiger partial charge in [-0.3, -0.25) is 9.69 Å². The SMILES string of the molecule is O=C(NC1CCN(Cc2ccccc2)CC1)C1CC2CCCCC2N1. The summed E-state index contributed by atoms with van der Waals surface area (Å²) in [5.74, 6) is 0.980. The number of benzene rings is 1. The van der Waals surface area contributed by atoms with Crippen molar-refractivity contribution < 1.29 is 4.79 Å². The molecular formula is C21H31N3O. The summed E-state index contributed by atoms with van der Waals surface area (Å²) >= 11 is 0.